The third-order valence-electron chi connectivity index (χ3n) is 4.13. The molecule has 118 valence electrons. The topological polar surface area (TPSA) is 66.6 Å². The standard InChI is InChI=1S/C16H21N3O3/c1-19-7-6-10(9-19)17-16(20)12-8-11-13(21-2)4-5-14(22-3)15(11)18-12/h4-5,8,10,18H,6-7,9H2,1-3H3,(H,17,20). The summed E-state index contributed by atoms with van der Waals surface area (Å²) in [7, 11) is 5.28. The summed E-state index contributed by atoms with van der Waals surface area (Å²) in [5.41, 5.74) is 1.29. The summed E-state index contributed by atoms with van der Waals surface area (Å²) < 4.78 is 10.7. The van der Waals surface area contributed by atoms with E-state index < -0.39 is 0 Å². The molecule has 6 nitrogen and oxygen atoms in total. The molecule has 6 heteroatoms. The van der Waals surface area contributed by atoms with E-state index in [9.17, 15) is 4.79 Å². The van der Waals surface area contributed by atoms with Crippen LogP contribution in [-0.2, 0) is 0 Å². The van der Waals surface area contributed by atoms with Gasteiger partial charge in [0.2, 0.25) is 0 Å². The first-order valence-electron chi connectivity index (χ1n) is 7.35. The Labute approximate surface area is 129 Å². The molecule has 1 aliphatic heterocycles. The summed E-state index contributed by atoms with van der Waals surface area (Å²) in [6.07, 6.45) is 0.981. The van der Waals surface area contributed by atoms with Crippen LogP contribution in [0.15, 0.2) is 18.2 Å². The van der Waals surface area contributed by atoms with Gasteiger partial charge in [-0.25, -0.2) is 0 Å². The number of hydrogen-bond donors (Lipinski definition) is 2. The summed E-state index contributed by atoms with van der Waals surface area (Å²) in [5.74, 6) is 1.31. The highest BCUT2D eigenvalue weighted by Crippen LogP contribution is 2.33. The monoisotopic (exact) mass is 303 g/mol. The number of fused-ring (bicyclic) bond motifs is 1. The van der Waals surface area contributed by atoms with E-state index >= 15 is 0 Å². The number of hydrogen-bond acceptors (Lipinski definition) is 4. The fourth-order valence-electron chi connectivity index (χ4n) is 2.95. The summed E-state index contributed by atoms with van der Waals surface area (Å²) >= 11 is 0. The molecule has 2 heterocycles. The third kappa shape index (κ3) is 2.62. The smallest absolute Gasteiger partial charge is 0.267 e. The average molecular weight is 303 g/mol. The molecule has 1 fully saturated rings. The molecular weight excluding hydrogens is 282 g/mol. The number of nitrogens with zero attached hydrogens (tertiary/aromatic N) is 1. The fraction of sp³-hybridized carbons (Fsp3) is 0.438. The molecule has 22 heavy (non-hydrogen) atoms. The number of aromatic nitrogens is 1. The Morgan fingerprint density at radius 3 is 2.68 bits per heavy atom. The van der Waals surface area contributed by atoms with Crippen molar-refractivity contribution in [3.63, 3.8) is 0 Å². The maximum absolute atomic E-state index is 12.4. The maximum atomic E-state index is 12.4. The van der Waals surface area contributed by atoms with E-state index in [0.29, 0.717) is 17.2 Å². The molecule has 1 amide bonds. The van der Waals surface area contributed by atoms with Crippen LogP contribution in [0.5, 0.6) is 11.5 Å². The Hall–Kier alpha value is -2.21. The molecule has 1 atom stereocenters. The molecule has 0 spiro atoms. The quantitative estimate of drug-likeness (QED) is 0.901. The molecule has 1 aromatic carbocycles. The molecule has 2 N–H and O–H groups in total. The van der Waals surface area contributed by atoms with Crippen LogP contribution in [-0.4, -0.2) is 56.2 Å². The van der Waals surface area contributed by atoms with Crippen molar-refractivity contribution in [3.05, 3.63) is 23.9 Å². The van der Waals surface area contributed by atoms with E-state index in [1.807, 2.05) is 18.2 Å². The van der Waals surface area contributed by atoms with Crippen molar-refractivity contribution in [3.8, 4) is 11.5 Å². The Kier molecular flexibility index (Phi) is 3.94. The van der Waals surface area contributed by atoms with Gasteiger partial charge in [0, 0.05) is 18.0 Å². The summed E-state index contributed by atoms with van der Waals surface area (Å²) in [5, 5.41) is 3.91. The van der Waals surface area contributed by atoms with E-state index in [-0.39, 0.29) is 11.9 Å². The molecule has 1 unspecified atom stereocenters. The minimum atomic E-state index is -0.0967. The van der Waals surface area contributed by atoms with Gasteiger partial charge in [0.1, 0.15) is 17.2 Å². The summed E-state index contributed by atoms with van der Waals surface area (Å²) in [6, 6.07) is 5.67. The van der Waals surface area contributed by atoms with Crippen molar-refractivity contribution in [2.75, 3.05) is 34.4 Å². The van der Waals surface area contributed by atoms with Gasteiger partial charge < -0.3 is 24.7 Å². The zero-order valence-corrected chi connectivity index (χ0v) is 13.1. The van der Waals surface area contributed by atoms with Gasteiger partial charge in [-0.05, 0) is 38.2 Å². The Morgan fingerprint density at radius 1 is 1.32 bits per heavy atom. The van der Waals surface area contributed by atoms with Crippen LogP contribution in [0.1, 0.15) is 16.9 Å². The normalized spacial score (nSPS) is 18.6. The molecule has 0 aliphatic carbocycles. The van der Waals surface area contributed by atoms with Crippen molar-refractivity contribution in [1.82, 2.24) is 15.2 Å². The van der Waals surface area contributed by atoms with Crippen molar-refractivity contribution < 1.29 is 14.3 Å². The number of likely N-dealkylation sites (N-methyl/N-ethyl adjacent to an activating group) is 1. The van der Waals surface area contributed by atoms with E-state index in [2.05, 4.69) is 22.2 Å². The lowest BCUT2D eigenvalue weighted by molar-refractivity contribution is 0.0934. The van der Waals surface area contributed by atoms with Gasteiger partial charge in [-0.2, -0.15) is 0 Å². The van der Waals surface area contributed by atoms with Gasteiger partial charge >= 0.3 is 0 Å². The van der Waals surface area contributed by atoms with Gasteiger partial charge in [-0.15, -0.1) is 0 Å². The Bertz CT molecular complexity index is 654. The largest absolute Gasteiger partial charge is 0.496 e. The number of benzene rings is 1. The SMILES string of the molecule is COc1ccc(OC)c2[nH]c(C(=O)NC3CCN(C)C3)cc12. The first kappa shape index (κ1) is 14.7. The van der Waals surface area contributed by atoms with Crippen molar-refractivity contribution in [1.29, 1.82) is 0 Å². The number of likely N-dealkylation sites (tertiary alicyclic amines) is 1. The molecular formula is C16H21N3O3. The highest BCUT2D eigenvalue weighted by molar-refractivity contribution is 6.01. The van der Waals surface area contributed by atoms with Crippen LogP contribution >= 0.6 is 0 Å². The first-order chi connectivity index (χ1) is 10.6. The van der Waals surface area contributed by atoms with E-state index in [1.54, 1.807) is 14.2 Å². The third-order valence-corrected chi connectivity index (χ3v) is 4.13. The minimum Gasteiger partial charge on any atom is -0.496 e. The van der Waals surface area contributed by atoms with Crippen LogP contribution < -0.4 is 14.8 Å². The lowest BCUT2D eigenvalue weighted by Gasteiger charge is -2.11. The van der Waals surface area contributed by atoms with Crippen molar-refractivity contribution >= 4 is 16.8 Å². The maximum Gasteiger partial charge on any atom is 0.267 e. The van der Waals surface area contributed by atoms with Crippen LogP contribution in [0.25, 0.3) is 10.9 Å². The molecule has 1 aromatic heterocycles. The van der Waals surface area contributed by atoms with E-state index in [4.69, 9.17) is 9.47 Å². The second kappa shape index (κ2) is 5.88. The van der Waals surface area contributed by atoms with Gasteiger partial charge in [-0.3, -0.25) is 4.79 Å². The lowest BCUT2D eigenvalue weighted by atomic mass is 10.2. The average Bonchev–Trinajstić information content (AvgIpc) is 3.12. The molecule has 3 rings (SSSR count). The molecule has 0 radical (unpaired) electrons. The van der Waals surface area contributed by atoms with E-state index in [1.165, 1.54) is 0 Å². The summed E-state index contributed by atoms with van der Waals surface area (Å²) in [6.45, 7) is 1.90. The van der Waals surface area contributed by atoms with Crippen molar-refractivity contribution in [2.45, 2.75) is 12.5 Å². The first-order valence-corrected chi connectivity index (χ1v) is 7.35. The number of aromatic amines is 1. The molecule has 1 aliphatic rings. The van der Waals surface area contributed by atoms with E-state index in [0.717, 1.165) is 30.4 Å². The second-order valence-corrected chi connectivity index (χ2v) is 5.66. The van der Waals surface area contributed by atoms with Gasteiger partial charge in [0.05, 0.1) is 19.7 Å². The number of H-pyrrole nitrogens is 1. The molecule has 2 aromatic rings. The van der Waals surface area contributed by atoms with Crippen LogP contribution in [0.3, 0.4) is 0 Å². The predicted molar refractivity (Wildman–Crippen MR) is 84.8 cm³/mol. The minimum absolute atomic E-state index is 0.0967. The number of ether oxygens (including phenoxy) is 2. The fourth-order valence-corrected chi connectivity index (χ4v) is 2.95. The molecule has 0 bridgehead atoms. The highest BCUT2D eigenvalue weighted by Gasteiger charge is 2.23. The lowest BCUT2D eigenvalue weighted by Crippen LogP contribution is -2.36. The number of methoxy groups -OCH3 is 2. The van der Waals surface area contributed by atoms with Gasteiger partial charge in [0.15, 0.2) is 0 Å². The van der Waals surface area contributed by atoms with Gasteiger partial charge in [0.25, 0.3) is 5.91 Å². The highest BCUT2D eigenvalue weighted by atomic mass is 16.5. The van der Waals surface area contributed by atoms with Gasteiger partial charge in [-0.1, -0.05) is 0 Å². The zero-order valence-electron chi connectivity index (χ0n) is 13.1. The Morgan fingerprint density at radius 2 is 2.05 bits per heavy atom. The zero-order chi connectivity index (χ0) is 15.7. The number of amides is 1. The molecule has 1 saturated heterocycles. The molecule has 0 saturated carbocycles. The number of rotatable bonds is 4. The summed E-state index contributed by atoms with van der Waals surface area (Å²) in [4.78, 5) is 17.8. The van der Waals surface area contributed by atoms with Crippen molar-refractivity contribution in [2.24, 2.45) is 0 Å². The van der Waals surface area contributed by atoms with Crippen LogP contribution in [0, 0.1) is 0 Å². The Balaban J connectivity index is 1.89. The van der Waals surface area contributed by atoms with Crippen LogP contribution in [0.2, 0.25) is 0 Å². The number of carbonyl (C=O) groups is 1. The predicted octanol–water partition coefficient (Wildman–Crippen LogP) is 1.62. The van der Waals surface area contributed by atoms with Crippen LogP contribution in [0.4, 0.5) is 0 Å². The number of nitrogens with one attached hydrogen (secondary N) is 2. The number of carbonyl (C=O) groups excluding carboxylic acids is 1. The second-order valence-electron chi connectivity index (χ2n) is 5.66.